The molecule has 0 N–H and O–H groups in total. The standard InChI is InChI=1S/C15H17FN4O4/c1-2-19-15(21)24-14(17-19)10-5-7-18(8-6-10)13-4-3-11(20(22)23)9-12(13)16/h3-4,9-10H,2,5-8H2,1H3. The molecule has 9 heteroatoms. The zero-order chi connectivity index (χ0) is 17.3. The molecule has 1 aromatic carbocycles. The fourth-order valence-corrected chi connectivity index (χ4v) is 2.92. The van der Waals surface area contributed by atoms with Crippen LogP contribution in [-0.2, 0) is 6.54 Å². The van der Waals surface area contributed by atoms with Gasteiger partial charge in [-0.1, -0.05) is 0 Å². The van der Waals surface area contributed by atoms with E-state index in [0.29, 0.717) is 44.1 Å². The van der Waals surface area contributed by atoms with Crippen molar-refractivity contribution in [3.05, 3.63) is 50.6 Å². The van der Waals surface area contributed by atoms with Gasteiger partial charge in [0.2, 0.25) is 5.89 Å². The number of anilines is 1. The van der Waals surface area contributed by atoms with Gasteiger partial charge < -0.3 is 9.32 Å². The number of benzene rings is 1. The van der Waals surface area contributed by atoms with Gasteiger partial charge >= 0.3 is 5.76 Å². The summed E-state index contributed by atoms with van der Waals surface area (Å²) in [5.74, 6) is -0.630. The largest absolute Gasteiger partial charge is 0.437 e. The van der Waals surface area contributed by atoms with Gasteiger partial charge in [-0.3, -0.25) is 10.1 Å². The lowest BCUT2D eigenvalue weighted by molar-refractivity contribution is -0.385. The Bertz CT molecular complexity index is 808. The van der Waals surface area contributed by atoms with E-state index in [2.05, 4.69) is 5.10 Å². The summed E-state index contributed by atoms with van der Waals surface area (Å²) in [6.07, 6.45) is 1.33. The topological polar surface area (TPSA) is 94.4 Å². The molecule has 2 aromatic rings. The molecular formula is C15H17FN4O4. The smallest absolute Gasteiger partial charge is 0.392 e. The van der Waals surface area contributed by atoms with Crippen molar-refractivity contribution in [3.8, 4) is 0 Å². The lowest BCUT2D eigenvalue weighted by Gasteiger charge is -2.32. The van der Waals surface area contributed by atoms with E-state index >= 15 is 0 Å². The summed E-state index contributed by atoms with van der Waals surface area (Å²) >= 11 is 0. The van der Waals surface area contributed by atoms with Crippen LogP contribution in [0.15, 0.2) is 27.4 Å². The van der Waals surface area contributed by atoms with Crippen LogP contribution in [-0.4, -0.2) is 27.8 Å². The van der Waals surface area contributed by atoms with Crippen molar-refractivity contribution in [2.75, 3.05) is 18.0 Å². The molecule has 0 aliphatic carbocycles. The number of halogens is 1. The van der Waals surface area contributed by atoms with Gasteiger partial charge in [0.15, 0.2) is 5.82 Å². The van der Waals surface area contributed by atoms with Crippen LogP contribution in [0.5, 0.6) is 0 Å². The maximum atomic E-state index is 14.1. The molecule has 0 radical (unpaired) electrons. The van der Waals surface area contributed by atoms with Crippen LogP contribution in [0.4, 0.5) is 15.8 Å². The van der Waals surface area contributed by atoms with Crippen LogP contribution in [0.2, 0.25) is 0 Å². The van der Waals surface area contributed by atoms with E-state index in [-0.39, 0.29) is 11.6 Å². The highest BCUT2D eigenvalue weighted by Gasteiger charge is 2.27. The Kier molecular flexibility index (Phi) is 4.32. The van der Waals surface area contributed by atoms with E-state index in [9.17, 15) is 19.3 Å². The molecule has 3 rings (SSSR count). The second-order valence-corrected chi connectivity index (χ2v) is 5.68. The van der Waals surface area contributed by atoms with Crippen LogP contribution >= 0.6 is 0 Å². The van der Waals surface area contributed by atoms with Crippen LogP contribution < -0.4 is 10.7 Å². The average molecular weight is 336 g/mol. The molecule has 1 aromatic heterocycles. The van der Waals surface area contributed by atoms with Gasteiger partial charge in [-0.15, -0.1) is 5.10 Å². The van der Waals surface area contributed by atoms with E-state index in [1.165, 1.54) is 16.8 Å². The number of nitrogens with zero attached hydrogens (tertiary/aromatic N) is 4. The molecule has 0 saturated carbocycles. The molecule has 0 spiro atoms. The van der Waals surface area contributed by atoms with Gasteiger partial charge in [-0.05, 0) is 25.8 Å². The zero-order valence-corrected chi connectivity index (χ0v) is 13.1. The Morgan fingerprint density at radius 2 is 2.12 bits per heavy atom. The molecule has 1 aliphatic rings. The van der Waals surface area contributed by atoms with Crippen molar-refractivity contribution in [2.45, 2.75) is 32.2 Å². The number of nitro benzene ring substituents is 1. The third-order valence-electron chi connectivity index (χ3n) is 4.25. The van der Waals surface area contributed by atoms with Crippen LogP contribution in [0.25, 0.3) is 0 Å². The van der Waals surface area contributed by atoms with Crippen molar-refractivity contribution in [1.82, 2.24) is 9.78 Å². The maximum Gasteiger partial charge on any atom is 0.437 e. The Morgan fingerprint density at radius 1 is 1.42 bits per heavy atom. The fourth-order valence-electron chi connectivity index (χ4n) is 2.92. The third kappa shape index (κ3) is 3.01. The molecule has 0 unspecified atom stereocenters. The summed E-state index contributed by atoms with van der Waals surface area (Å²) in [7, 11) is 0. The Morgan fingerprint density at radius 3 is 2.67 bits per heavy atom. The highest BCUT2D eigenvalue weighted by Crippen LogP contribution is 2.31. The predicted octanol–water partition coefficient (Wildman–Crippen LogP) is 2.29. The third-order valence-corrected chi connectivity index (χ3v) is 4.25. The first kappa shape index (κ1) is 16.2. The van der Waals surface area contributed by atoms with Crippen molar-refractivity contribution in [3.63, 3.8) is 0 Å². The maximum absolute atomic E-state index is 14.1. The molecule has 128 valence electrons. The average Bonchev–Trinajstić information content (AvgIpc) is 2.96. The highest BCUT2D eigenvalue weighted by atomic mass is 19.1. The number of nitro groups is 1. The number of rotatable bonds is 4. The minimum atomic E-state index is -0.620. The molecule has 24 heavy (non-hydrogen) atoms. The number of piperidine rings is 1. The second-order valence-electron chi connectivity index (χ2n) is 5.68. The SMILES string of the molecule is CCn1nc(C2CCN(c3ccc([N+](=O)[O-])cc3F)CC2)oc1=O. The van der Waals surface area contributed by atoms with Gasteiger partial charge in [-0.2, -0.15) is 4.68 Å². The molecule has 0 bridgehead atoms. The quantitative estimate of drug-likeness (QED) is 0.628. The number of non-ortho nitro benzene ring substituents is 1. The van der Waals surface area contributed by atoms with Crippen molar-refractivity contribution < 1.29 is 13.7 Å². The summed E-state index contributed by atoms with van der Waals surface area (Å²) in [6, 6.07) is 3.66. The lowest BCUT2D eigenvalue weighted by atomic mass is 9.96. The van der Waals surface area contributed by atoms with E-state index < -0.39 is 16.5 Å². The summed E-state index contributed by atoms with van der Waals surface area (Å²) in [5.41, 5.74) is 0.0811. The lowest BCUT2D eigenvalue weighted by Crippen LogP contribution is -2.33. The molecule has 8 nitrogen and oxygen atoms in total. The summed E-state index contributed by atoms with van der Waals surface area (Å²) < 4.78 is 20.6. The summed E-state index contributed by atoms with van der Waals surface area (Å²) in [4.78, 5) is 23.4. The highest BCUT2D eigenvalue weighted by molar-refractivity contribution is 5.52. The molecule has 1 saturated heterocycles. The minimum Gasteiger partial charge on any atom is -0.392 e. The summed E-state index contributed by atoms with van der Waals surface area (Å²) in [6.45, 7) is 3.38. The molecule has 1 aliphatic heterocycles. The molecule has 1 fully saturated rings. The zero-order valence-electron chi connectivity index (χ0n) is 13.1. The number of aryl methyl sites for hydroxylation is 1. The van der Waals surface area contributed by atoms with Crippen molar-refractivity contribution >= 4 is 11.4 Å². The van der Waals surface area contributed by atoms with Gasteiger partial charge in [0.05, 0.1) is 16.7 Å². The van der Waals surface area contributed by atoms with E-state index in [4.69, 9.17) is 4.42 Å². The first-order valence-electron chi connectivity index (χ1n) is 7.76. The van der Waals surface area contributed by atoms with Gasteiger partial charge in [-0.25, -0.2) is 9.18 Å². The van der Waals surface area contributed by atoms with Crippen molar-refractivity contribution in [1.29, 1.82) is 0 Å². The molecule has 0 atom stereocenters. The van der Waals surface area contributed by atoms with Crippen LogP contribution in [0, 0.1) is 15.9 Å². The first-order valence-corrected chi connectivity index (χ1v) is 7.76. The Labute approximate surface area is 136 Å². The molecule has 2 heterocycles. The van der Waals surface area contributed by atoms with Gasteiger partial charge in [0, 0.05) is 31.6 Å². The number of hydrogen-bond acceptors (Lipinski definition) is 6. The monoisotopic (exact) mass is 336 g/mol. The first-order chi connectivity index (χ1) is 11.5. The minimum absolute atomic E-state index is 0.0165. The van der Waals surface area contributed by atoms with E-state index in [0.717, 1.165) is 6.07 Å². The van der Waals surface area contributed by atoms with Gasteiger partial charge in [0.1, 0.15) is 0 Å². The van der Waals surface area contributed by atoms with E-state index in [1.807, 2.05) is 11.8 Å². The Balaban J connectivity index is 1.70. The second kappa shape index (κ2) is 6.42. The predicted molar refractivity (Wildman–Crippen MR) is 83.7 cm³/mol. The number of aromatic nitrogens is 2. The fraction of sp³-hybridized carbons (Fsp3) is 0.467. The molecule has 0 amide bonds. The van der Waals surface area contributed by atoms with E-state index in [1.54, 1.807) is 0 Å². The Hall–Kier alpha value is -2.71. The number of hydrogen-bond donors (Lipinski definition) is 0. The molecular weight excluding hydrogens is 319 g/mol. The normalized spacial score (nSPS) is 15.7. The van der Waals surface area contributed by atoms with Gasteiger partial charge in [0.25, 0.3) is 5.69 Å². The van der Waals surface area contributed by atoms with Crippen LogP contribution in [0.3, 0.4) is 0 Å². The van der Waals surface area contributed by atoms with Crippen LogP contribution in [0.1, 0.15) is 31.6 Å². The van der Waals surface area contributed by atoms with Crippen molar-refractivity contribution in [2.24, 2.45) is 0 Å². The summed E-state index contributed by atoms with van der Waals surface area (Å²) in [5, 5.41) is 14.8.